The summed E-state index contributed by atoms with van der Waals surface area (Å²) in [4.78, 5) is 5.86. The third kappa shape index (κ3) is 2.88. The highest BCUT2D eigenvalue weighted by molar-refractivity contribution is 5.54. The van der Waals surface area contributed by atoms with Crippen molar-refractivity contribution in [1.82, 2.24) is 30.3 Å². The Morgan fingerprint density at radius 3 is 2.73 bits per heavy atom. The molecule has 3 rings (SSSR count). The van der Waals surface area contributed by atoms with Crippen LogP contribution in [-0.2, 0) is 6.42 Å². The molecule has 0 bridgehead atoms. The van der Waals surface area contributed by atoms with Crippen molar-refractivity contribution >= 4 is 0 Å². The Balaban J connectivity index is 1.81. The maximum Gasteiger partial charge on any atom is 0.253 e. The van der Waals surface area contributed by atoms with Gasteiger partial charge in [-0.2, -0.15) is 9.78 Å². The SMILES string of the molecule is CCCc1noc([C@@H](C)n2nnc(-c3ccc(C)cc3)n2)n1. The molecule has 0 aliphatic rings. The van der Waals surface area contributed by atoms with E-state index in [2.05, 4.69) is 32.5 Å². The number of tetrazole rings is 1. The van der Waals surface area contributed by atoms with Gasteiger partial charge < -0.3 is 4.52 Å². The van der Waals surface area contributed by atoms with Crippen LogP contribution in [0.3, 0.4) is 0 Å². The second-order valence-electron chi connectivity index (χ2n) is 5.27. The fraction of sp³-hybridized carbons (Fsp3) is 0.400. The van der Waals surface area contributed by atoms with Gasteiger partial charge in [0.2, 0.25) is 5.82 Å². The van der Waals surface area contributed by atoms with Gasteiger partial charge in [0.15, 0.2) is 5.82 Å². The molecular formula is C15H18N6O. The maximum atomic E-state index is 5.27. The lowest BCUT2D eigenvalue weighted by molar-refractivity contribution is 0.318. The molecule has 7 nitrogen and oxygen atoms in total. The number of hydrogen-bond acceptors (Lipinski definition) is 6. The van der Waals surface area contributed by atoms with Crippen LogP contribution in [0.1, 0.15) is 43.6 Å². The molecule has 0 N–H and O–H groups in total. The normalized spacial score (nSPS) is 12.5. The molecule has 0 aliphatic carbocycles. The summed E-state index contributed by atoms with van der Waals surface area (Å²) >= 11 is 0. The van der Waals surface area contributed by atoms with Crippen molar-refractivity contribution in [2.75, 3.05) is 0 Å². The molecule has 0 saturated heterocycles. The van der Waals surface area contributed by atoms with Crippen LogP contribution in [0.5, 0.6) is 0 Å². The molecule has 0 radical (unpaired) electrons. The zero-order valence-electron chi connectivity index (χ0n) is 12.9. The van der Waals surface area contributed by atoms with E-state index in [1.807, 2.05) is 38.1 Å². The molecule has 3 aromatic rings. The summed E-state index contributed by atoms with van der Waals surface area (Å²) in [5, 5.41) is 16.6. The lowest BCUT2D eigenvalue weighted by atomic mass is 10.1. The lowest BCUT2D eigenvalue weighted by Crippen LogP contribution is -2.11. The molecule has 0 amide bonds. The van der Waals surface area contributed by atoms with Gasteiger partial charge in [0.25, 0.3) is 5.89 Å². The van der Waals surface area contributed by atoms with Crippen molar-refractivity contribution in [3.63, 3.8) is 0 Å². The van der Waals surface area contributed by atoms with Crippen LogP contribution in [0, 0.1) is 6.92 Å². The van der Waals surface area contributed by atoms with Crippen molar-refractivity contribution in [3.8, 4) is 11.4 Å². The first-order valence-electron chi connectivity index (χ1n) is 7.36. The minimum atomic E-state index is -0.246. The largest absolute Gasteiger partial charge is 0.337 e. The third-order valence-corrected chi connectivity index (χ3v) is 3.40. The average molecular weight is 298 g/mol. The van der Waals surface area contributed by atoms with Gasteiger partial charge in [-0.1, -0.05) is 41.9 Å². The molecule has 0 aliphatic heterocycles. The van der Waals surface area contributed by atoms with E-state index in [0.717, 1.165) is 18.4 Å². The number of aromatic nitrogens is 6. The minimum Gasteiger partial charge on any atom is -0.337 e. The zero-order valence-corrected chi connectivity index (χ0v) is 12.9. The monoisotopic (exact) mass is 298 g/mol. The highest BCUT2D eigenvalue weighted by Crippen LogP contribution is 2.18. The van der Waals surface area contributed by atoms with Crippen LogP contribution in [0.25, 0.3) is 11.4 Å². The molecule has 1 atom stereocenters. The molecule has 114 valence electrons. The summed E-state index contributed by atoms with van der Waals surface area (Å²) < 4.78 is 5.27. The first-order chi connectivity index (χ1) is 10.7. The molecule has 2 heterocycles. The fourth-order valence-electron chi connectivity index (χ4n) is 2.07. The summed E-state index contributed by atoms with van der Waals surface area (Å²) in [5.74, 6) is 1.79. The number of aryl methyl sites for hydroxylation is 2. The summed E-state index contributed by atoms with van der Waals surface area (Å²) in [6, 6.07) is 7.76. The summed E-state index contributed by atoms with van der Waals surface area (Å²) in [6.45, 7) is 6.02. The van der Waals surface area contributed by atoms with Crippen LogP contribution in [-0.4, -0.2) is 30.3 Å². The van der Waals surface area contributed by atoms with Crippen LogP contribution < -0.4 is 0 Å². The minimum absolute atomic E-state index is 0.246. The maximum absolute atomic E-state index is 5.27. The van der Waals surface area contributed by atoms with E-state index in [0.29, 0.717) is 17.5 Å². The van der Waals surface area contributed by atoms with Gasteiger partial charge in [0.1, 0.15) is 6.04 Å². The van der Waals surface area contributed by atoms with Crippen molar-refractivity contribution in [2.45, 2.75) is 39.7 Å². The molecule has 0 spiro atoms. The molecule has 0 fully saturated rings. The van der Waals surface area contributed by atoms with E-state index >= 15 is 0 Å². The van der Waals surface area contributed by atoms with Gasteiger partial charge in [0, 0.05) is 12.0 Å². The summed E-state index contributed by atoms with van der Waals surface area (Å²) in [7, 11) is 0. The van der Waals surface area contributed by atoms with Crippen LogP contribution >= 0.6 is 0 Å². The van der Waals surface area contributed by atoms with Crippen molar-refractivity contribution in [2.24, 2.45) is 0 Å². The number of hydrogen-bond donors (Lipinski definition) is 0. The van der Waals surface area contributed by atoms with E-state index in [4.69, 9.17) is 4.52 Å². The van der Waals surface area contributed by atoms with E-state index in [9.17, 15) is 0 Å². The number of nitrogens with zero attached hydrogens (tertiary/aromatic N) is 6. The Morgan fingerprint density at radius 1 is 1.23 bits per heavy atom. The average Bonchev–Trinajstić information content (AvgIpc) is 3.17. The van der Waals surface area contributed by atoms with Gasteiger partial charge in [-0.3, -0.25) is 0 Å². The van der Waals surface area contributed by atoms with Crippen molar-refractivity contribution in [1.29, 1.82) is 0 Å². The lowest BCUT2D eigenvalue weighted by Gasteiger charge is -2.02. The second-order valence-corrected chi connectivity index (χ2v) is 5.27. The highest BCUT2D eigenvalue weighted by atomic mass is 16.5. The van der Waals surface area contributed by atoms with E-state index in [1.54, 1.807) is 0 Å². The van der Waals surface area contributed by atoms with Gasteiger partial charge in [0.05, 0.1) is 0 Å². The Kier molecular flexibility index (Phi) is 3.95. The third-order valence-electron chi connectivity index (χ3n) is 3.40. The van der Waals surface area contributed by atoms with Gasteiger partial charge in [-0.25, -0.2) is 0 Å². The van der Waals surface area contributed by atoms with Gasteiger partial charge in [-0.05, 0) is 25.5 Å². The Hall–Kier alpha value is -2.57. The standard InChI is InChI=1S/C15H18N6O/c1-4-5-13-16-15(22-19-13)11(3)21-18-14(17-20-21)12-8-6-10(2)7-9-12/h6-9,11H,4-5H2,1-3H3/t11-/m1/s1. The predicted molar refractivity (Wildman–Crippen MR) is 80.1 cm³/mol. The smallest absolute Gasteiger partial charge is 0.253 e. The van der Waals surface area contributed by atoms with Crippen LogP contribution in [0.15, 0.2) is 28.8 Å². The second kappa shape index (κ2) is 6.05. The van der Waals surface area contributed by atoms with E-state index in [1.165, 1.54) is 10.4 Å². The summed E-state index contributed by atoms with van der Waals surface area (Å²) in [6.07, 6.45) is 1.78. The zero-order chi connectivity index (χ0) is 15.5. The molecule has 0 unspecified atom stereocenters. The highest BCUT2D eigenvalue weighted by Gasteiger charge is 2.19. The van der Waals surface area contributed by atoms with Gasteiger partial charge in [-0.15, -0.1) is 10.2 Å². The van der Waals surface area contributed by atoms with Crippen molar-refractivity contribution in [3.05, 3.63) is 41.5 Å². The summed E-state index contributed by atoms with van der Waals surface area (Å²) in [5.41, 5.74) is 2.13. The molecule has 7 heteroatoms. The first-order valence-corrected chi connectivity index (χ1v) is 7.36. The van der Waals surface area contributed by atoms with Crippen LogP contribution in [0.4, 0.5) is 0 Å². The Morgan fingerprint density at radius 2 is 2.00 bits per heavy atom. The molecule has 0 saturated carbocycles. The predicted octanol–water partition coefficient (Wildman–Crippen LogP) is 2.59. The molecule has 2 aromatic heterocycles. The number of rotatable bonds is 5. The van der Waals surface area contributed by atoms with E-state index < -0.39 is 0 Å². The molecular weight excluding hydrogens is 280 g/mol. The van der Waals surface area contributed by atoms with E-state index in [-0.39, 0.29) is 6.04 Å². The fourth-order valence-corrected chi connectivity index (χ4v) is 2.07. The Labute approximate surface area is 128 Å². The number of benzene rings is 1. The Bertz CT molecular complexity index is 745. The quantitative estimate of drug-likeness (QED) is 0.720. The molecule has 1 aromatic carbocycles. The van der Waals surface area contributed by atoms with Crippen molar-refractivity contribution < 1.29 is 4.52 Å². The first kappa shape index (κ1) is 14.4. The molecule has 22 heavy (non-hydrogen) atoms. The van der Waals surface area contributed by atoms with Gasteiger partial charge >= 0.3 is 0 Å². The van der Waals surface area contributed by atoms with Crippen LogP contribution in [0.2, 0.25) is 0 Å². The topological polar surface area (TPSA) is 82.5 Å².